The van der Waals surface area contributed by atoms with Crippen LogP contribution in [0.4, 0.5) is 0 Å². The van der Waals surface area contributed by atoms with Crippen molar-refractivity contribution in [2.45, 2.75) is 26.7 Å². The summed E-state index contributed by atoms with van der Waals surface area (Å²) in [5.74, 6) is 2.38. The zero-order valence-corrected chi connectivity index (χ0v) is 18.0. The maximum absolute atomic E-state index is 5.71. The van der Waals surface area contributed by atoms with Crippen LogP contribution in [0.15, 0.2) is 53.8 Å². The Morgan fingerprint density at radius 2 is 1.77 bits per heavy atom. The maximum Gasteiger partial charge on any atom is 0.190 e. The van der Waals surface area contributed by atoms with Crippen LogP contribution in [0.2, 0.25) is 0 Å². The third-order valence-corrected chi connectivity index (χ3v) is 4.62. The predicted molar refractivity (Wildman–Crippen MR) is 121 cm³/mol. The molecule has 1 aromatic carbocycles. The third-order valence-electron chi connectivity index (χ3n) is 4.62. The van der Waals surface area contributed by atoms with Crippen molar-refractivity contribution in [2.24, 2.45) is 4.99 Å². The van der Waals surface area contributed by atoms with Crippen LogP contribution < -0.4 is 20.1 Å². The quantitative estimate of drug-likeness (QED) is 0.398. The van der Waals surface area contributed by atoms with Gasteiger partial charge in [-0.05, 0) is 50.1 Å². The van der Waals surface area contributed by atoms with E-state index >= 15 is 0 Å². The summed E-state index contributed by atoms with van der Waals surface area (Å²) >= 11 is 0. The van der Waals surface area contributed by atoms with Crippen molar-refractivity contribution in [2.75, 3.05) is 33.4 Å². The Balaban J connectivity index is 1.45. The Hall–Kier alpha value is -3.22. The second-order valence-electron chi connectivity index (χ2n) is 6.77. The molecule has 3 rings (SSSR count). The van der Waals surface area contributed by atoms with E-state index in [4.69, 9.17) is 9.47 Å². The lowest BCUT2D eigenvalue weighted by molar-refractivity contribution is 0.287. The van der Waals surface area contributed by atoms with E-state index in [2.05, 4.69) is 38.9 Å². The lowest BCUT2D eigenvalue weighted by atomic mass is 10.1. The third kappa shape index (κ3) is 5.89. The number of benzene rings is 1. The van der Waals surface area contributed by atoms with Gasteiger partial charge >= 0.3 is 0 Å². The van der Waals surface area contributed by atoms with Crippen molar-refractivity contribution in [3.63, 3.8) is 0 Å². The number of fused-ring (bicyclic) bond motifs is 1. The molecule has 0 unspecified atom stereocenters. The number of hydrogen-bond acceptors (Lipinski definition) is 4. The van der Waals surface area contributed by atoms with Crippen LogP contribution in [0.1, 0.15) is 25.1 Å². The molecule has 0 saturated heterocycles. The average Bonchev–Trinajstić information content (AvgIpc) is 3.17. The van der Waals surface area contributed by atoms with E-state index in [1.54, 1.807) is 7.05 Å². The fraction of sp³-hybridized carbons (Fsp3) is 0.391. The molecule has 160 valence electrons. The molecule has 0 aliphatic rings. The molecule has 0 saturated carbocycles. The summed E-state index contributed by atoms with van der Waals surface area (Å²) in [5, 5.41) is 6.71. The van der Waals surface area contributed by atoms with Crippen molar-refractivity contribution in [1.29, 1.82) is 0 Å². The van der Waals surface area contributed by atoms with Gasteiger partial charge in [-0.15, -0.1) is 0 Å². The summed E-state index contributed by atoms with van der Waals surface area (Å²) in [5.41, 5.74) is 3.22. The fourth-order valence-electron chi connectivity index (χ4n) is 3.21. The average molecular weight is 410 g/mol. The van der Waals surface area contributed by atoms with Crippen molar-refractivity contribution in [1.82, 2.24) is 20.0 Å². The first kappa shape index (κ1) is 21.5. The highest BCUT2D eigenvalue weighted by molar-refractivity contribution is 5.79. The van der Waals surface area contributed by atoms with Crippen molar-refractivity contribution >= 4 is 11.6 Å². The van der Waals surface area contributed by atoms with Crippen LogP contribution in [0.3, 0.4) is 0 Å². The van der Waals surface area contributed by atoms with E-state index in [1.807, 2.05) is 48.7 Å². The number of nitrogens with zero attached hydrogens (tertiary/aromatic N) is 3. The van der Waals surface area contributed by atoms with Crippen LogP contribution in [-0.4, -0.2) is 48.7 Å². The molecule has 7 nitrogen and oxygen atoms in total. The largest absolute Gasteiger partial charge is 0.490 e. The molecule has 2 N–H and O–H groups in total. The van der Waals surface area contributed by atoms with Gasteiger partial charge in [0.05, 0.1) is 18.9 Å². The Morgan fingerprint density at radius 3 is 2.50 bits per heavy atom. The molecule has 0 fully saturated rings. The lowest BCUT2D eigenvalue weighted by Crippen LogP contribution is -2.39. The van der Waals surface area contributed by atoms with Gasteiger partial charge in [0.1, 0.15) is 5.65 Å². The highest BCUT2D eigenvalue weighted by Crippen LogP contribution is 2.28. The molecule has 30 heavy (non-hydrogen) atoms. The zero-order valence-electron chi connectivity index (χ0n) is 18.0. The van der Waals surface area contributed by atoms with Crippen molar-refractivity contribution in [3.05, 3.63) is 60.0 Å². The van der Waals surface area contributed by atoms with E-state index in [-0.39, 0.29) is 0 Å². The second-order valence-corrected chi connectivity index (χ2v) is 6.77. The van der Waals surface area contributed by atoms with E-state index in [9.17, 15) is 0 Å². The van der Waals surface area contributed by atoms with Crippen LogP contribution in [0, 0.1) is 0 Å². The van der Waals surface area contributed by atoms with Gasteiger partial charge in [0, 0.05) is 39.0 Å². The highest BCUT2D eigenvalue weighted by atomic mass is 16.5. The minimum Gasteiger partial charge on any atom is -0.490 e. The molecule has 0 aliphatic heterocycles. The molecular formula is C23H31N5O2. The fourth-order valence-corrected chi connectivity index (χ4v) is 3.21. The number of ether oxygens (including phenoxy) is 2. The van der Waals surface area contributed by atoms with Gasteiger partial charge in [0.2, 0.25) is 0 Å². The smallest absolute Gasteiger partial charge is 0.190 e. The summed E-state index contributed by atoms with van der Waals surface area (Å²) in [6, 6.07) is 12.1. The van der Waals surface area contributed by atoms with E-state index in [0.717, 1.165) is 54.7 Å². The van der Waals surface area contributed by atoms with Gasteiger partial charge in [-0.1, -0.05) is 12.1 Å². The summed E-state index contributed by atoms with van der Waals surface area (Å²) in [6.45, 7) is 6.73. The van der Waals surface area contributed by atoms with Gasteiger partial charge in [-0.2, -0.15) is 0 Å². The van der Waals surface area contributed by atoms with Crippen LogP contribution >= 0.6 is 0 Å². The Kier molecular flexibility index (Phi) is 7.94. The predicted octanol–water partition coefficient (Wildman–Crippen LogP) is 3.08. The van der Waals surface area contributed by atoms with Crippen molar-refractivity contribution < 1.29 is 9.47 Å². The number of aromatic nitrogens is 2. The first-order chi connectivity index (χ1) is 14.7. The van der Waals surface area contributed by atoms with Gasteiger partial charge in [-0.3, -0.25) is 4.99 Å². The number of nitrogens with one attached hydrogen (secondary N) is 2. The molecule has 0 spiro atoms. The second kappa shape index (κ2) is 11.1. The molecular weight excluding hydrogens is 378 g/mol. The highest BCUT2D eigenvalue weighted by Gasteiger charge is 2.07. The minimum absolute atomic E-state index is 0.616. The number of pyridine rings is 1. The molecule has 0 atom stereocenters. The van der Waals surface area contributed by atoms with E-state index in [1.165, 1.54) is 5.56 Å². The number of aliphatic imine (C=N–C) groups is 1. The molecule has 3 aromatic rings. The summed E-state index contributed by atoms with van der Waals surface area (Å²) in [6.07, 6.45) is 5.77. The Bertz CT molecular complexity index is 934. The zero-order chi connectivity index (χ0) is 21.2. The summed E-state index contributed by atoms with van der Waals surface area (Å²) in [7, 11) is 1.78. The van der Waals surface area contributed by atoms with Crippen LogP contribution in [0.25, 0.3) is 5.65 Å². The van der Waals surface area contributed by atoms with Gasteiger partial charge < -0.3 is 24.5 Å². The molecule has 7 heteroatoms. The summed E-state index contributed by atoms with van der Waals surface area (Å²) in [4.78, 5) is 8.92. The Labute approximate surface area is 178 Å². The van der Waals surface area contributed by atoms with Crippen LogP contribution in [0.5, 0.6) is 11.5 Å². The minimum atomic E-state index is 0.616. The van der Waals surface area contributed by atoms with E-state index < -0.39 is 0 Å². The van der Waals surface area contributed by atoms with E-state index in [0.29, 0.717) is 13.2 Å². The molecule has 0 radical (unpaired) electrons. The number of rotatable bonds is 10. The normalized spacial score (nSPS) is 11.5. The SMILES string of the molecule is CCOc1ccc(CCNC(=NC)NCCc2cn3ccccc3n2)cc1OCC. The Morgan fingerprint density at radius 1 is 1.00 bits per heavy atom. The number of hydrogen-bond donors (Lipinski definition) is 2. The first-order valence-electron chi connectivity index (χ1n) is 10.5. The number of imidazole rings is 1. The molecule has 2 aromatic heterocycles. The topological polar surface area (TPSA) is 72.2 Å². The monoisotopic (exact) mass is 409 g/mol. The molecule has 0 amide bonds. The maximum atomic E-state index is 5.71. The standard InChI is InChI=1S/C23H31N5O2/c1-4-29-20-10-9-18(16-21(20)30-5-2)11-13-25-23(24-3)26-14-12-19-17-28-15-7-6-8-22(28)27-19/h6-10,15-17H,4-5,11-14H2,1-3H3,(H2,24,25,26). The van der Waals surface area contributed by atoms with Crippen molar-refractivity contribution in [3.8, 4) is 11.5 Å². The number of guanidine groups is 1. The van der Waals surface area contributed by atoms with Gasteiger partial charge in [0.25, 0.3) is 0 Å². The lowest BCUT2D eigenvalue weighted by Gasteiger charge is -2.14. The molecule has 0 aliphatic carbocycles. The molecule has 2 heterocycles. The molecule has 0 bridgehead atoms. The first-order valence-corrected chi connectivity index (χ1v) is 10.5. The van der Waals surface area contributed by atoms with Gasteiger partial charge in [0.15, 0.2) is 17.5 Å². The summed E-state index contributed by atoms with van der Waals surface area (Å²) < 4.78 is 13.4. The van der Waals surface area contributed by atoms with Crippen LogP contribution in [-0.2, 0) is 12.8 Å². The van der Waals surface area contributed by atoms with Gasteiger partial charge in [-0.25, -0.2) is 4.98 Å².